The highest BCUT2D eigenvalue weighted by atomic mass is 19.1. The predicted molar refractivity (Wildman–Crippen MR) is 106 cm³/mol. The van der Waals surface area contributed by atoms with Crippen molar-refractivity contribution >= 4 is 5.97 Å². The van der Waals surface area contributed by atoms with Gasteiger partial charge in [-0.15, -0.1) is 0 Å². The summed E-state index contributed by atoms with van der Waals surface area (Å²) in [4.78, 5) is 12.4. The topological polar surface area (TPSA) is 35.5 Å². The predicted octanol–water partition coefficient (Wildman–Crippen LogP) is 6.01. The highest BCUT2D eigenvalue weighted by molar-refractivity contribution is 5.79. The molecule has 0 aliphatic carbocycles. The average Bonchev–Trinajstić information content (AvgIpc) is 2.65. The van der Waals surface area contributed by atoms with E-state index in [9.17, 15) is 13.6 Å². The smallest absolute Gasteiger partial charge is 0.349 e. The maximum atomic E-state index is 13.9. The number of carbonyl (C=O) groups is 1. The van der Waals surface area contributed by atoms with Gasteiger partial charge < -0.3 is 9.47 Å². The minimum atomic E-state index is -1.15. The minimum Gasteiger partial charge on any atom is -0.476 e. The lowest BCUT2D eigenvalue weighted by Crippen LogP contribution is -2.40. The Kier molecular flexibility index (Phi) is 7.17. The quantitative estimate of drug-likeness (QED) is 0.518. The Morgan fingerprint density at radius 3 is 2.25 bits per heavy atom. The van der Waals surface area contributed by atoms with E-state index in [1.54, 1.807) is 38.1 Å². The maximum absolute atomic E-state index is 13.9. The molecule has 0 aliphatic rings. The van der Waals surface area contributed by atoms with Crippen molar-refractivity contribution in [3.05, 3.63) is 54.1 Å². The van der Waals surface area contributed by atoms with Crippen molar-refractivity contribution in [2.24, 2.45) is 11.8 Å². The van der Waals surface area contributed by atoms with Crippen LogP contribution in [-0.4, -0.2) is 18.2 Å². The summed E-state index contributed by atoms with van der Waals surface area (Å²) in [7, 11) is 0. The molecule has 2 unspecified atom stereocenters. The van der Waals surface area contributed by atoms with Crippen LogP contribution >= 0.6 is 0 Å². The fraction of sp³-hybridized carbons (Fsp3) is 0.435. The summed E-state index contributed by atoms with van der Waals surface area (Å²) in [6.07, 6.45) is 1.03. The highest BCUT2D eigenvalue weighted by Crippen LogP contribution is 2.27. The standard InChI is InChI=1S/C23H28F2O3/c1-6-15(2)16(3)14-27-22(26)23(4,5)28-19-10-7-17(8-11-19)20-12-9-18(24)13-21(20)25/h7-13,15-16H,6,14H2,1-5H3. The van der Waals surface area contributed by atoms with Crippen LogP contribution in [0.1, 0.15) is 41.0 Å². The van der Waals surface area contributed by atoms with E-state index in [0.717, 1.165) is 12.5 Å². The number of hydrogen-bond acceptors (Lipinski definition) is 3. The zero-order chi connectivity index (χ0) is 20.9. The van der Waals surface area contributed by atoms with Crippen LogP contribution in [0.3, 0.4) is 0 Å². The summed E-state index contributed by atoms with van der Waals surface area (Å²) in [6, 6.07) is 10.1. The lowest BCUT2D eigenvalue weighted by atomic mass is 9.94. The molecule has 152 valence electrons. The molecule has 0 radical (unpaired) electrons. The molecule has 0 N–H and O–H groups in total. The molecule has 0 saturated carbocycles. The first-order valence-electron chi connectivity index (χ1n) is 9.55. The average molecular weight is 390 g/mol. The van der Waals surface area contributed by atoms with Crippen molar-refractivity contribution in [2.45, 2.75) is 46.6 Å². The highest BCUT2D eigenvalue weighted by Gasteiger charge is 2.32. The second kappa shape index (κ2) is 9.18. The van der Waals surface area contributed by atoms with E-state index >= 15 is 0 Å². The second-order valence-corrected chi connectivity index (χ2v) is 7.72. The number of hydrogen-bond donors (Lipinski definition) is 0. The molecule has 0 spiro atoms. The maximum Gasteiger partial charge on any atom is 0.349 e. The number of ether oxygens (including phenoxy) is 2. The first-order valence-corrected chi connectivity index (χ1v) is 9.55. The van der Waals surface area contributed by atoms with Gasteiger partial charge in [-0.2, -0.15) is 0 Å². The molecule has 0 heterocycles. The van der Waals surface area contributed by atoms with Crippen LogP contribution in [-0.2, 0) is 9.53 Å². The van der Waals surface area contributed by atoms with Crippen molar-refractivity contribution in [3.63, 3.8) is 0 Å². The van der Waals surface area contributed by atoms with Crippen molar-refractivity contribution in [2.75, 3.05) is 6.61 Å². The van der Waals surface area contributed by atoms with E-state index < -0.39 is 23.2 Å². The number of carbonyl (C=O) groups excluding carboxylic acids is 1. The van der Waals surface area contributed by atoms with Crippen LogP contribution in [0.5, 0.6) is 5.75 Å². The number of esters is 1. The summed E-state index contributed by atoms with van der Waals surface area (Å²) in [5.74, 6) is -0.484. The van der Waals surface area contributed by atoms with Gasteiger partial charge in [0.25, 0.3) is 0 Å². The van der Waals surface area contributed by atoms with Gasteiger partial charge in [0.2, 0.25) is 0 Å². The van der Waals surface area contributed by atoms with E-state index in [2.05, 4.69) is 20.8 Å². The lowest BCUT2D eigenvalue weighted by Gasteiger charge is -2.26. The third-order valence-electron chi connectivity index (χ3n) is 5.05. The second-order valence-electron chi connectivity index (χ2n) is 7.72. The van der Waals surface area contributed by atoms with Gasteiger partial charge in [0, 0.05) is 11.6 Å². The SMILES string of the molecule is CCC(C)C(C)COC(=O)C(C)(C)Oc1ccc(-c2ccc(F)cc2F)cc1. The minimum absolute atomic E-state index is 0.273. The lowest BCUT2D eigenvalue weighted by molar-refractivity contribution is -0.161. The largest absolute Gasteiger partial charge is 0.476 e. The molecule has 2 aromatic carbocycles. The Labute approximate surface area is 165 Å². The van der Waals surface area contributed by atoms with Gasteiger partial charge in [0.05, 0.1) is 6.61 Å². The zero-order valence-corrected chi connectivity index (χ0v) is 17.1. The Hall–Kier alpha value is -2.43. The summed E-state index contributed by atoms with van der Waals surface area (Å²) in [5, 5.41) is 0. The van der Waals surface area contributed by atoms with Crippen molar-refractivity contribution in [3.8, 4) is 16.9 Å². The molecule has 2 atom stereocenters. The molecule has 2 aromatic rings. The molecule has 28 heavy (non-hydrogen) atoms. The molecule has 0 fully saturated rings. The molecule has 0 saturated heterocycles. The van der Waals surface area contributed by atoms with Gasteiger partial charge in [0.1, 0.15) is 17.4 Å². The molecule has 5 heteroatoms. The van der Waals surface area contributed by atoms with Crippen LogP contribution in [0.15, 0.2) is 42.5 Å². The van der Waals surface area contributed by atoms with Crippen LogP contribution < -0.4 is 4.74 Å². The van der Waals surface area contributed by atoms with E-state index in [1.807, 2.05) is 0 Å². The van der Waals surface area contributed by atoms with Gasteiger partial charge >= 0.3 is 5.97 Å². The van der Waals surface area contributed by atoms with Gasteiger partial charge in [-0.1, -0.05) is 39.3 Å². The number of benzene rings is 2. The van der Waals surface area contributed by atoms with Crippen molar-refractivity contribution in [1.29, 1.82) is 0 Å². The molecule has 0 bridgehead atoms. The van der Waals surface area contributed by atoms with Crippen molar-refractivity contribution < 1.29 is 23.0 Å². The normalized spacial score (nSPS) is 13.7. The van der Waals surface area contributed by atoms with E-state index in [1.165, 1.54) is 12.1 Å². The van der Waals surface area contributed by atoms with Crippen LogP contribution in [0.4, 0.5) is 8.78 Å². The van der Waals surface area contributed by atoms with Gasteiger partial charge in [-0.05, 0) is 55.5 Å². The van der Waals surface area contributed by atoms with Gasteiger partial charge in [-0.3, -0.25) is 0 Å². The Balaban J connectivity index is 2.02. The van der Waals surface area contributed by atoms with Gasteiger partial charge in [-0.25, -0.2) is 13.6 Å². The molecule has 2 rings (SSSR count). The Morgan fingerprint density at radius 2 is 1.68 bits per heavy atom. The summed E-state index contributed by atoms with van der Waals surface area (Å²) in [6.45, 7) is 9.95. The third-order valence-corrected chi connectivity index (χ3v) is 5.05. The molecular weight excluding hydrogens is 362 g/mol. The monoisotopic (exact) mass is 390 g/mol. The van der Waals surface area contributed by atoms with Crippen LogP contribution in [0.2, 0.25) is 0 Å². The zero-order valence-electron chi connectivity index (χ0n) is 17.1. The van der Waals surface area contributed by atoms with Crippen LogP contribution in [0, 0.1) is 23.5 Å². The van der Waals surface area contributed by atoms with E-state index in [-0.39, 0.29) is 5.92 Å². The van der Waals surface area contributed by atoms with Crippen molar-refractivity contribution in [1.82, 2.24) is 0 Å². The molecular formula is C23H28F2O3. The molecule has 0 aliphatic heterocycles. The first-order chi connectivity index (χ1) is 13.1. The molecule has 0 aromatic heterocycles. The fourth-order valence-electron chi connectivity index (χ4n) is 2.71. The summed E-state index contributed by atoms with van der Waals surface area (Å²) in [5.41, 5.74) is -0.268. The summed E-state index contributed by atoms with van der Waals surface area (Å²) >= 11 is 0. The number of halogens is 2. The Morgan fingerprint density at radius 1 is 1.04 bits per heavy atom. The third kappa shape index (κ3) is 5.54. The van der Waals surface area contributed by atoms with E-state index in [4.69, 9.17) is 9.47 Å². The van der Waals surface area contributed by atoms with Crippen LogP contribution in [0.25, 0.3) is 11.1 Å². The Bertz CT molecular complexity index is 800. The van der Waals surface area contributed by atoms with E-state index in [0.29, 0.717) is 29.4 Å². The number of rotatable bonds is 8. The molecule has 0 amide bonds. The summed E-state index contributed by atoms with van der Waals surface area (Å²) < 4.78 is 38.2. The first kappa shape index (κ1) is 21.9. The molecule has 3 nitrogen and oxygen atoms in total. The van der Waals surface area contributed by atoms with Gasteiger partial charge in [0.15, 0.2) is 5.60 Å². The fourth-order valence-corrected chi connectivity index (χ4v) is 2.71.